The fraction of sp³-hybridized carbons (Fsp3) is 0.182. The molecule has 0 saturated heterocycles. The summed E-state index contributed by atoms with van der Waals surface area (Å²) in [6.45, 7) is 3.96. The van der Waals surface area contributed by atoms with Gasteiger partial charge in [0.1, 0.15) is 0 Å². The Bertz CT molecular complexity index is 1410. The summed E-state index contributed by atoms with van der Waals surface area (Å²) in [6.07, 6.45) is 0. The fourth-order valence-corrected chi connectivity index (χ4v) is 4.17. The lowest BCUT2D eigenvalue weighted by atomic mass is 10.1. The van der Waals surface area contributed by atoms with E-state index in [4.69, 9.17) is 19.8 Å². The molecule has 0 radical (unpaired) electrons. The topological polar surface area (TPSA) is 156 Å². The number of anilines is 1. The summed E-state index contributed by atoms with van der Waals surface area (Å²) in [5.41, 5.74) is 11.4. The zero-order valence-corrected chi connectivity index (χ0v) is 19.6. The van der Waals surface area contributed by atoms with Crippen LogP contribution in [0.5, 0.6) is 11.5 Å². The van der Waals surface area contributed by atoms with Crippen LogP contribution in [-0.4, -0.2) is 43.7 Å². The summed E-state index contributed by atoms with van der Waals surface area (Å²) in [4.78, 5) is 14.0. The average molecular weight is 493 g/mol. The van der Waals surface area contributed by atoms with Gasteiger partial charge in [0.15, 0.2) is 17.2 Å². The first-order valence-electron chi connectivity index (χ1n) is 10.5. The molecule has 3 heterocycles. The first kappa shape index (κ1) is 22.4. The zero-order chi connectivity index (χ0) is 24.4. The maximum Gasteiger partial charge on any atom is 0.293 e. The van der Waals surface area contributed by atoms with E-state index in [1.807, 2.05) is 37.3 Å². The van der Waals surface area contributed by atoms with Crippen LogP contribution in [0.1, 0.15) is 34.2 Å². The molecule has 0 aliphatic carbocycles. The average Bonchev–Trinajstić information content (AvgIpc) is 3.60. The monoisotopic (exact) mass is 492 g/mol. The van der Waals surface area contributed by atoms with Gasteiger partial charge in [0.2, 0.25) is 18.4 Å². The van der Waals surface area contributed by atoms with Gasteiger partial charge in [0.25, 0.3) is 5.91 Å². The minimum absolute atomic E-state index is 0.0279. The van der Waals surface area contributed by atoms with Gasteiger partial charge in [0, 0.05) is 16.2 Å². The molecular formula is C22H20N8O4S. The standard InChI is InChI=1S/C22H20N8O4S/c1-12-3-6-15(7-4-12)35-10-16-19(25-29-30(16)21-20(23)27-34-28-21)22(31)26-24-13(2)14-5-8-17-18(9-14)33-11-32-17/h3-9H,10-11H2,1-2H3,(H2,23,27)(H,26,31). The Morgan fingerprint density at radius 2 is 1.97 bits per heavy atom. The molecule has 35 heavy (non-hydrogen) atoms. The summed E-state index contributed by atoms with van der Waals surface area (Å²) in [7, 11) is 0. The van der Waals surface area contributed by atoms with Gasteiger partial charge in [-0.15, -0.1) is 16.9 Å². The van der Waals surface area contributed by atoms with Crippen LogP contribution in [0.2, 0.25) is 0 Å². The Labute approximate surface area is 203 Å². The van der Waals surface area contributed by atoms with Gasteiger partial charge in [-0.1, -0.05) is 22.9 Å². The van der Waals surface area contributed by atoms with Gasteiger partial charge in [-0.3, -0.25) is 4.79 Å². The molecule has 1 aliphatic rings. The maximum atomic E-state index is 13.0. The number of nitrogens with zero attached hydrogens (tertiary/aromatic N) is 6. The van der Waals surface area contributed by atoms with Gasteiger partial charge in [0.05, 0.1) is 11.4 Å². The van der Waals surface area contributed by atoms with Gasteiger partial charge in [-0.2, -0.15) is 9.78 Å². The van der Waals surface area contributed by atoms with Crippen molar-refractivity contribution in [2.75, 3.05) is 12.5 Å². The number of rotatable bonds is 7. The Morgan fingerprint density at radius 1 is 1.17 bits per heavy atom. The van der Waals surface area contributed by atoms with Crippen molar-refractivity contribution in [2.24, 2.45) is 5.10 Å². The van der Waals surface area contributed by atoms with E-state index in [1.165, 1.54) is 16.4 Å². The largest absolute Gasteiger partial charge is 0.454 e. The van der Waals surface area contributed by atoms with Crippen LogP contribution in [0.25, 0.3) is 5.82 Å². The summed E-state index contributed by atoms with van der Waals surface area (Å²) in [5, 5.41) is 19.7. The number of ether oxygens (including phenoxy) is 2. The molecule has 0 atom stereocenters. The second-order valence-corrected chi connectivity index (χ2v) is 8.63. The predicted molar refractivity (Wildman–Crippen MR) is 127 cm³/mol. The number of amides is 1. The zero-order valence-electron chi connectivity index (χ0n) is 18.8. The summed E-state index contributed by atoms with van der Waals surface area (Å²) in [6, 6.07) is 13.4. The van der Waals surface area contributed by atoms with E-state index in [-0.39, 0.29) is 24.1 Å². The minimum atomic E-state index is -0.536. The van der Waals surface area contributed by atoms with E-state index in [0.29, 0.717) is 28.7 Å². The molecule has 3 N–H and O–H groups in total. The van der Waals surface area contributed by atoms with Crippen molar-refractivity contribution in [1.29, 1.82) is 0 Å². The summed E-state index contributed by atoms with van der Waals surface area (Å²) < 4.78 is 16.8. The molecule has 0 saturated carbocycles. The van der Waals surface area contributed by atoms with Crippen LogP contribution < -0.4 is 20.6 Å². The molecule has 4 aromatic rings. The van der Waals surface area contributed by atoms with Crippen molar-refractivity contribution in [3.63, 3.8) is 0 Å². The Balaban J connectivity index is 1.39. The Kier molecular flexibility index (Phi) is 6.06. The molecule has 2 aromatic heterocycles. The van der Waals surface area contributed by atoms with E-state index in [1.54, 1.807) is 19.1 Å². The van der Waals surface area contributed by atoms with Crippen LogP contribution >= 0.6 is 11.8 Å². The number of hydrogen-bond donors (Lipinski definition) is 2. The van der Waals surface area contributed by atoms with Crippen LogP contribution in [0.3, 0.4) is 0 Å². The van der Waals surface area contributed by atoms with Crippen LogP contribution in [0.4, 0.5) is 5.82 Å². The second-order valence-electron chi connectivity index (χ2n) is 7.58. The smallest absolute Gasteiger partial charge is 0.293 e. The van der Waals surface area contributed by atoms with Gasteiger partial charge >= 0.3 is 0 Å². The number of nitrogens with two attached hydrogens (primary N) is 1. The number of thioether (sulfide) groups is 1. The SMILES string of the molecule is CC(=NNC(=O)c1nnn(-c2nonc2N)c1CSc1ccc(C)cc1)c1ccc2c(c1)OCO2. The van der Waals surface area contributed by atoms with Crippen molar-refractivity contribution in [2.45, 2.75) is 24.5 Å². The lowest BCUT2D eigenvalue weighted by Gasteiger charge is -2.07. The number of aromatic nitrogens is 5. The van der Waals surface area contributed by atoms with Gasteiger partial charge in [-0.05, 0) is 54.5 Å². The number of nitrogen functional groups attached to an aromatic ring is 1. The Hall–Kier alpha value is -4.39. The summed E-state index contributed by atoms with van der Waals surface area (Å²) >= 11 is 1.51. The third-order valence-electron chi connectivity index (χ3n) is 5.19. The Morgan fingerprint density at radius 3 is 2.74 bits per heavy atom. The highest BCUT2D eigenvalue weighted by Gasteiger charge is 2.24. The van der Waals surface area contributed by atoms with Crippen molar-refractivity contribution in [1.82, 2.24) is 30.7 Å². The third-order valence-corrected chi connectivity index (χ3v) is 6.21. The second kappa shape index (κ2) is 9.46. The lowest BCUT2D eigenvalue weighted by Crippen LogP contribution is -2.21. The first-order valence-corrected chi connectivity index (χ1v) is 11.5. The maximum absolute atomic E-state index is 13.0. The number of aryl methyl sites for hydroxylation is 1. The van der Waals surface area contributed by atoms with Crippen molar-refractivity contribution in [3.05, 3.63) is 65.0 Å². The van der Waals surface area contributed by atoms with Crippen LogP contribution in [-0.2, 0) is 5.75 Å². The molecule has 1 amide bonds. The van der Waals surface area contributed by atoms with E-state index < -0.39 is 5.91 Å². The van der Waals surface area contributed by atoms with Crippen molar-refractivity contribution in [3.8, 4) is 17.3 Å². The fourth-order valence-electron chi connectivity index (χ4n) is 3.28. The predicted octanol–water partition coefficient (Wildman–Crippen LogP) is 2.72. The number of benzene rings is 2. The normalized spacial score (nSPS) is 12.7. The molecule has 0 bridgehead atoms. The molecule has 0 unspecified atom stereocenters. The molecule has 12 nitrogen and oxygen atoms in total. The molecule has 0 fully saturated rings. The van der Waals surface area contributed by atoms with Crippen molar-refractivity contribution >= 4 is 29.2 Å². The molecule has 2 aromatic carbocycles. The quantitative estimate of drug-likeness (QED) is 0.223. The number of hydrogen-bond acceptors (Lipinski definition) is 11. The summed E-state index contributed by atoms with van der Waals surface area (Å²) in [5.74, 6) is 1.29. The molecule has 178 valence electrons. The molecular weight excluding hydrogens is 472 g/mol. The minimum Gasteiger partial charge on any atom is -0.454 e. The van der Waals surface area contributed by atoms with Gasteiger partial charge in [-0.25, -0.2) is 10.1 Å². The third kappa shape index (κ3) is 4.66. The number of nitrogens with one attached hydrogen (secondary N) is 1. The van der Waals surface area contributed by atoms with E-state index in [2.05, 4.69) is 31.2 Å². The van der Waals surface area contributed by atoms with Gasteiger partial charge < -0.3 is 15.2 Å². The highest BCUT2D eigenvalue weighted by atomic mass is 32.2. The molecule has 0 spiro atoms. The lowest BCUT2D eigenvalue weighted by molar-refractivity contribution is 0.0949. The van der Waals surface area contributed by atoms with E-state index in [0.717, 1.165) is 16.0 Å². The molecule has 5 rings (SSSR count). The van der Waals surface area contributed by atoms with E-state index >= 15 is 0 Å². The highest BCUT2D eigenvalue weighted by Crippen LogP contribution is 2.32. The highest BCUT2D eigenvalue weighted by molar-refractivity contribution is 7.98. The number of carbonyl (C=O) groups excluding carboxylic acids is 1. The number of hydrazone groups is 1. The van der Waals surface area contributed by atoms with E-state index in [9.17, 15) is 4.79 Å². The number of carbonyl (C=O) groups is 1. The number of fused-ring (bicyclic) bond motifs is 1. The van der Waals surface area contributed by atoms with Crippen LogP contribution in [0, 0.1) is 6.92 Å². The van der Waals surface area contributed by atoms with Crippen molar-refractivity contribution < 1.29 is 18.9 Å². The molecule has 13 heteroatoms. The molecule has 1 aliphatic heterocycles. The first-order chi connectivity index (χ1) is 17.0. The van der Waals surface area contributed by atoms with Crippen LogP contribution in [0.15, 0.2) is 57.1 Å².